The van der Waals surface area contributed by atoms with Crippen molar-refractivity contribution in [2.45, 2.75) is 39.3 Å². The number of aryl methyl sites for hydroxylation is 1. The fourth-order valence-corrected chi connectivity index (χ4v) is 2.81. The molecule has 1 fully saturated rings. The van der Waals surface area contributed by atoms with Gasteiger partial charge in [-0.1, -0.05) is 12.1 Å². The average molecular weight is 478 g/mol. The van der Waals surface area contributed by atoms with Crippen LogP contribution in [-0.2, 0) is 11.3 Å². The SMILES string of the molecule is CCOC(=O)N1CCC(NC(=NC)NCc2ccc(F)c(C)c2)CC1.I. The minimum absolute atomic E-state index is 0. The largest absolute Gasteiger partial charge is 0.450 e. The average Bonchev–Trinajstić information content (AvgIpc) is 2.62. The quantitative estimate of drug-likeness (QED) is 0.397. The van der Waals surface area contributed by atoms with Crippen molar-refractivity contribution in [2.24, 2.45) is 4.99 Å². The molecule has 0 spiro atoms. The van der Waals surface area contributed by atoms with Gasteiger partial charge in [0.25, 0.3) is 0 Å². The standard InChI is InChI=1S/C18H27FN4O2.HI/c1-4-25-18(24)23-9-7-15(8-10-23)22-17(20-3)21-12-14-5-6-16(19)13(2)11-14;/h5-6,11,15H,4,7-10,12H2,1-3H3,(H2,20,21,22);1H. The number of hydrogen-bond donors (Lipinski definition) is 2. The van der Waals surface area contributed by atoms with E-state index < -0.39 is 0 Å². The highest BCUT2D eigenvalue weighted by atomic mass is 127. The van der Waals surface area contributed by atoms with E-state index in [9.17, 15) is 9.18 Å². The number of aliphatic imine (C=N–C) groups is 1. The van der Waals surface area contributed by atoms with Crippen LogP contribution in [0.2, 0.25) is 0 Å². The van der Waals surface area contributed by atoms with E-state index in [1.807, 2.05) is 13.0 Å². The molecule has 1 aliphatic rings. The summed E-state index contributed by atoms with van der Waals surface area (Å²) in [6.45, 7) is 5.88. The zero-order valence-electron chi connectivity index (χ0n) is 15.5. The number of ether oxygens (including phenoxy) is 1. The molecule has 1 aromatic rings. The maximum Gasteiger partial charge on any atom is 0.409 e. The summed E-state index contributed by atoms with van der Waals surface area (Å²) in [6, 6.07) is 5.33. The van der Waals surface area contributed by atoms with Crippen molar-refractivity contribution in [3.63, 3.8) is 0 Å². The number of amides is 1. The first-order valence-electron chi connectivity index (χ1n) is 8.67. The van der Waals surface area contributed by atoms with Crippen LogP contribution in [0.4, 0.5) is 9.18 Å². The molecule has 0 saturated carbocycles. The number of benzene rings is 1. The van der Waals surface area contributed by atoms with Crippen molar-refractivity contribution in [3.8, 4) is 0 Å². The van der Waals surface area contributed by atoms with Gasteiger partial charge in [0, 0.05) is 32.7 Å². The number of guanidine groups is 1. The monoisotopic (exact) mass is 478 g/mol. The van der Waals surface area contributed by atoms with Gasteiger partial charge < -0.3 is 20.3 Å². The van der Waals surface area contributed by atoms with Gasteiger partial charge in [0.15, 0.2) is 5.96 Å². The molecule has 0 aliphatic carbocycles. The number of rotatable bonds is 4. The van der Waals surface area contributed by atoms with Crippen LogP contribution in [0.3, 0.4) is 0 Å². The molecular weight excluding hydrogens is 450 g/mol. The molecule has 0 aromatic heterocycles. The van der Waals surface area contributed by atoms with Gasteiger partial charge in [-0.2, -0.15) is 0 Å². The number of carbonyl (C=O) groups is 1. The van der Waals surface area contributed by atoms with Gasteiger partial charge in [-0.05, 0) is 43.9 Å². The smallest absolute Gasteiger partial charge is 0.409 e. The fourth-order valence-electron chi connectivity index (χ4n) is 2.81. The van der Waals surface area contributed by atoms with E-state index in [0.29, 0.717) is 37.8 Å². The van der Waals surface area contributed by atoms with Crippen molar-refractivity contribution >= 4 is 36.0 Å². The molecule has 146 valence electrons. The van der Waals surface area contributed by atoms with Crippen LogP contribution in [0.25, 0.3) is 0 Å². The second-order valence-electron chi connectivity index (χ2n) is 6.11. The number of halogens is 2. The highest BCUT2D eigenvalue weighted by molar-refractivity contribution is 14.0. The van der Waals surface area contributed by atoms with Crippen LogP contribution in [0.15, 0.2) is 23.2 Å². The second-order valence-corrected chi connectivity index (χ2v) is 6.11. The lowest BCUT2D eigenvalue weighted by molar-refractivity contribution is 0.0963. The summed E-state index contributed by atoms with van der Waals surface area (Å²) in [5.41, 5.74) is 1.63. The maximum atomic E-state index is 13.3. The third kappa shape index (κ3) is 6.62. The highest BCUT2D eigenvalue weighted by Crippen LogP contribution is 2.12. The normalized spacial score (nSPS) is 15.2. The van der Waals surface area contributed by atoms with E-state index in [-0.39, 0.29) is 41.9 Å². The van der Waals surface area contributed by atoms with Gasteiger partial charge in [0.05, 0.1) is 6.61 Å². The topological polar surface area (TPSA) is 66.0 Å². The number of carbonyl (C=O) groups excluding carboxylic acids is 1. The van der Waals surface area contributed by atoms with E-state index in [1.165, 1.54) is 6.07 Å². The number of nitrogens with zero attached hydrogens (tertiary/aromatic N) is 2. The Bertz CT molecular complexity index is 619. The Morgan fingerprint density at radius 3 is 2.65 bits per heavy atom. The zero-order chi connectivity index (χ0) is 18.2. The molecule has 0 unspecified atom stereocenters. The summed E-state index contributed by atoms with van der Waals surface area (Å²) in [5, 5.41) is 6.62. The Hall–Kier alpha value is -1.58. The summed E-state index contributed by atoms with van der Waals surface area (Å²) < 4.78 is 18.3. The highest BCUT2D eigenvalue weighted by Gasteiger charge is 2.23. The van der Waals surface area contributed by atoms with E-state index in [0.717, 1.165) is 18.4 Å². The van der Waals surface area contributed by atoms with Crippen LogP contribution in [0, 0.1) is 12.7 Å². The Labute approximate surface area is 171 Å². The predicted molar refractivity (Wildman–Crippen MR) is 112 cm³/mol. The molecule has 26 heavy (non-hydrogen) atoms. The third-order valence-electron chi connectivity index (χ3n) is 4.27. The Morgan fingerprint density at radius 2 is 2.08 bits per heavy atom. The lowest BCUT2D eigenvalue weighted by Crippen LogP contribution is -2.49. The van der Waals surface area contributed by atoms with Crippen molar-refractivity contribution in [3.05, 3.63) is 35.1 Å². The molecule has 6 nitrogen and oxygen atoms in total. The van der Waals surface area contributed by atoms with E-state index in [2.05, 4.69) is 15.6 Å². The first-order valence-corrected chi connectivity index (χ1v) is 8.67. The van der Waals surface area contributed by atoms with Crippen molar-refractivity contribution < 1.29 is 13.9 Å². The first kappa shape index (κ1) is 22.5. The van der Waals surface area contributed by atoms with Crippen LogP contribution in [0.5, 0.6) is 0 Å². The zero-order valence-corrected chi connectivity index (χ0v) is 17.9. The predicted octanol–water partition coefficient (Wildman–Crippen LogP) is 3.04. The molecule has 1 heterocycles. The summed E-state index contributed by atoms with van der Waals surface area (Å²) in [5.74, 6) is 0.510. The van der Waals surface area contributed by atoms with Crippen molar-refractivity contribution in [2.75, 3.05) is 26.7 Å². The summed E-state index contributed by atoms with van der Waals surface area (Å²) in [6.07, 6.45) is 1.44. The fraction of sp³-hybridized carbons (Fsp3) is 0.556. The lowest BCUT2D eigenvalue weighted by Gasteiger charge is -2.32. The van der Waals surface area contributed by atoms with E-state index >= 15 is 0 Å². The summed E-state index contributed by atoms with van der Waals surface area (Å²) >= 11 is 0. The number of likely N-dealkylation sites (tertiary alicyclic amines) is 1. The lowest BCUT2D eigenvalue weighted by atomic mass is 10.1. The molecule has 2 N–H and O–H groups in total. The minimum atomic E-state index is -0.241. The van der Waals surface area contributed by atoms with Gasteiger partial charge in [0.2, 0.25) is 0 Å². The van der Waals surface area contributed by atoms with Gasteiger partial charge in [0.1, 0.15) is 5.82 Å². The molecular formula is C18H28FIN4O2. The van der Waals surface area contributed by atoms with Crippen molar-refractivity contribution in [1.29, 1.82) is 0 Å². The molecule has 0 radical (unpaired) electrons. The van der Waals surface area contributed by atoms with E-state index in [1.54, 1.807) is 24.9 Å². The van der Waals surface area contributed by atoms with Crippen molar-refractivity contribution in [1.82, 2.24) is 15.5 Å². The first-order chi connectivity index (χ1) is 12.0. The molecule has 1 saturated heterocycles. The Kier molecular flexibility index (Phi) is 9.68. The summed E-state index contributed by atoms with van der Waals surface area (Å²) in [4.78, 5) is 17.7. The third-order valence-corrected chi connectivity index (χ3v) is 4.27. The van der Waals surface area contributed by atoms with Gasteiger partial charge >= 0.3 is 6.09 Å². The molecule has 8 heteroatoms. The molecule has 2 rings (SSSR count). The molecule has 1 aliphatic heterocycles. The van der Waals surface area contributed by atoms with Gasteiger partial charge in [-0.3, -0.25) is 4.99 Å². The molecule has 0 bridgehead atoms. The minimum Gasteiger partial charge on any atom is -0.450 e. The summed E-state index contributed by atoms with van der Waals surface area (Å²) in [7, 11) is 1.72. The van der Waals surface area contributed by atoms with Crippen LogP contribution in [0.1, 0.15) is 30.9 Å². The Morgan fingerprint density at radius 1 is 1.38 bits per heavy atom. The molecule has 1 amide bonds. The molecule has 0 atom stereocenters. The second kappa shape index (κ2) is 11.2. The number of nitrogens with one attached hydrogen (secondary N) is 2. The van der Waals surface area contributed by atoms with Crippen LogP contribution in [-0.4, -0.2) is 49.7 Å². The van der Waals surface area contributed by atoms with E-state index in [4.69, 9.17) is 4.74 Å². The number of piperidine rings is 1. The van der Waals surface area contributed by atoms with Crippen LogP contribution >= 0.6 is 24.0 Å². The van der Waals surface area contributed by atoms with Gasteiger partial charge in [-0.15, -0.1) is 24.0 Å². The Balaban J connectivity index is 0.00000338. The van der Waals surface area contributed by atoms with Crippen LogP contribution < -0.4 is 10.6 Å². The molecule has 1 aromatic carbocycles. The maximum absolute atomic E-state index is 13.3. The van der Waals surface area contributed by atoms with Gasteiger partial charge in [-0.25, -0.2) is 9.18 Å². The number of hydrogen-bond acceptors (Lipinski definition) is 3.